The number of nitrogens with zero attached hydrogens (tertiary/aromatic N) is 1. The van der Waals surface area contributed by atoms with Crippen molar-refractivity contribution in [3.63, 3.8) is 0 Å². The van der Waals surface area contributed by atoms with Crippen LogP contribution in [0.15, 0.2) is 29.7 Å². The van der Waals surface area contributed by atoms with Crippen molar-refractivity contribution in [2.45, 2.75) is 25.9 Å². The van der Waals surface area contributed by atoms with Crippen LogP contribution in [-0.4, -0.2) is 34.6 Å². The monoisotopic (exact) mass is 294 g/mol. The Hall–Kier alpha value is -1.82. The SMILES string of the molecule is CCN(Cc1cccs1)C(=O)NC1C=CC(C(=O)O)C1. The molecule has 20 heavy (non-hydrogen) atoms. The number of thiophene rings is 1. The number of urea groups is 1. The Kier molecular flexibility index (Phi) is 4.79. The summed E-state index contributed by atoms with van der Waals surface area (Å²) in [5.74, 6) is -1.34. The minimum atomic E-state index is -0.844. The van der Waals surface area contributed by atoms with E-state index in [-0.39, 0.29) is 12.1 Å². The maximum atomic E-state index is 12.2. The number of hydrogen-bond donors (Lipinski definition) is 2. The molecule has 2 unspecified atom stereocenters. The molecule has 0 saturated carbocycles. The van der Waals surface area contributed by atoms with Crippen LogP contribution in [0.25, 0.3) is 0 Å². The van der Waals surface area contributed by atoms with Gasteiger partial charge in [-0.15, -0.1) is 11.3 Å². The fraction of sp³-hybridized carbons (Fsp3) is 0.429. The van der Waals surface area contributed by atoms with Crippen LogP contribution in [0.1, 0.15) is 18.2 Å². The topological polar surface area (TPSA) is 69.6 Å². The van der Waals surface area contributed by atoms with Gasteiger partial charge < -0.3 is 15.3 Å². The van der Waals surface area contributed by atoms with Crippen LogP contribution in [0, 0.1) is 5.92 Å². The summed E-state index contributed by atoms with van der Waals surface area (Å²) < 4.78 is 0. The number of carbonyl (C=O) groups is 2. The van der Waals surface area contributed by atoms with Crippen molar-refractivity contribution in [1.82, 2.24) is 10.2 Å². The molecule has 1 heterocycles. The summed E-state index contributed by atoms with van der Waals surface area (Å²) in [5.41, 5.74) is 0. The predicted molar refractivity (Wildman–Crippen MR) is 77.6 cm³/mol. The summed E-state index contributed by atoms with van der Waals surface area (Å²) in [5, 5.41) is 13.8. The Balaban J connectivity index is 1.87. The number of aliphatic carboxylic acids is 1. The molecule has 0 saturated heterocycles. The van der Waals surface area contributed by atoms with Gasteiger partial charge in [0.15, 0.2) is 0 Å². The highest BCUT2D eigenvalue weighted by Gasteiger charge is 2.26. The first kappa shape index (κ1) is 14.6. The van der Waals surface area contributed by atoms with Gasteiger partial charge in [-0.2, -0.15) is 0 Å². The zero-order chi connectivity index (χ0) is 14.5. The summed E-state index contributed by atoms with van der Waals surface area (Å²) in [6.45, 7) is 3.12. The average Bonchev–Trinajstić information content (AvgIpc) is 3.06. The molecule has 0 radical (unpaired) electrons. The largest absolute Gasteiger partial charge is 0.481 e. The van der Waals surface area contributed by atoms with Crippen LogP contribution < -0.4 is 5.32 Å². The van der Waals surface area contributed by atoms with E-state index in [0.29, 0.717) is 19.5 Å². The molecular weight excluding hydrogens is 276 g/mol. The second kappa shape index (κ2) is 6.56. The first-order chi connectivity index (χ1) is 9.60. The van der Waals surface area contributed by atoms with Crippen molar-refractivity contribution in [3.05, 3.63) is 34.5 Å². The Morgan fingerprint density at radius 3 is 2.85 bits per heavy atom. The van der Waals surface area contributed by atoms with Gasteiger partial charge in [-0.25, -0.2) is 4.79 Å². The summed E-state index contributed by atoms with van der Waals surface area (Å²) in [6.07, 6.45) is 3.83. The number of hydrogen-bond acceptors (Lipinski definition) is 3. The highest BCUT2D eigenvalue weighted by atomic mass is 32.1. The molecule has 5 nitrogen and oxygen atoms in total. The third-order valence-electron chi connectivity index (χ3n) is 3.31. The Labute approximate surface area is 121 Å². The van der Waals surface area contributed by atoms with Crippen LogP contribution in [0.3, 0.4) is 0 Å². The van der Waals surface area contributed by atoms with Gasteiger partial charge in [-0.1, -0.05) is 18.2 Å². The quantitative estimate of drug-likeness (QED) is 0.819. The minimum absolute atomic E-state index is 0.151. The lowest BCUT2D eigenvalue weighted by atomic mass is 10.1. The molecule has 1 aromatic heterocycles. The molecule has 108 valence electrons. The molecule has 2 amide bonds. The van der Waals surface area contributed by atoms with E-state index in [0.717, 1.165) is 4.88 Å². The van der Waals surface area contributed by atoms with E-state index in [1.807, 2.05) is 24.4 Å². The van der Waals surface area contributed by atoms with Crippen LogP contribution in [0.2, 0.25) is 0 Å². The molecule has 0 fully saturated rings. The van der Waals surface area contributed by atoms with Gasteiger partial charge in [0.05, 0.1) is 18.5 Å². The van der Waals surface area contributed by atoms with Gasteiger partial charge in [0.2, 0.25) is 0 Å². The first-order valence-electron chi connectivity index (χ1n) is 6.59. The maximum Gasteiger partial charge on any atom is 0.318 e. The predicted octanol–water partition coefficient (Wildman–Crippen LogP) is 2.31. The van der Waals surface area contributed by atoms with E-state index < -0.39 is 11.9 Å². The number of nitrogens with one attached hydrogen (secondary N) is 1. The molecule has 1 aromatic rings. The number of carboxylic acid groups (broad SMARTS) is 1. The lowest BCUT2D eigenvalue weighted by molar-refractivity contribution is -0.140. The van der Waals surface area contributed by atoms with Crippen LogP contribution in [0.5, 0.6) is 0 Å². The van der Waals surface area contributed by atoms with E-state index >= 15 is 0 Å². The minimum Gasteiger partial charge on any atom is -0.481 e. The zero-order valence-electron chi connectivity index (χ0n) is 11.3. The Morgan fingerprint density at radius 1 is 1.50 bits per heavy atom. The second-order valence-corrected chi connectivity index (χ2v) is 5.75. The molecule has 2 N–H and O–H groups in total. The first-order valence-corrected chi connectivity index (χ1v) is 7.47. The fourth-order valence-electron chi connectivity index (χ4n) is 2.16. The standard InChI is InChI=1S/C14H18N2O3S/c1-2-16(9-12-4-3-7-20-12)14(19)15-11-6-5-10(8-11)13(17)18/h3-7,10-11H,2,8-9H2,1H3,(H,15,19)(H,17,18). The highest BCUT2D eigenvalue weighted by Crippen LogP contribution is 2.18. The molecule has 0 aliphatic heterocycles. The highest BCUT2D eigenvalue weighted by molar-refractivity contribution is 7.09. The molecule has 0 bridgehead atoms. The molecular formula is C14H18N2O3S. The number of rotatable bonds is 5. The molecule has 0 spiro atoms. The van der Waals surface area contributed by atoms with Crippen molar-refractivity contribution in [3.8, 4) is 0 Å². The van der Waals surface area contributed by atoms with Crippen molar-refractivity contribution in [2.75, 3.05) is 6.54 Å². The van der Waals surface area contributed by atoms with Crippen LogP contribution >= 0.6 is 11.3 Å². The van der Waals surface area contributed by atoms with E-state index in [4.69, 9.17) is 5.11 Å². The van der Waals surface area contributed by atoms with Crippen molar-refractivity contribution < 1.29 is 14.7 Å². The molecule has 2 atom stereocenters. The number of carboxylic acids is 1. The summed E-state index contributed by atoms with van der Waals surface area (Å²) in [7, 11) is 0. The van der Waals surface area contributed by atoms with Gasteiger partial charge in [0, 0.05) is 11.4 Å². The van der Waals surface area contributed by atoms with Gasteiger partial charge in [0.1, 0.15) is 0 Å². The Bertz CT molecular complexity index is 499. The molecule has 6 heteroatoms. The van der Waals surface area contributed by atoms with E-state index in [2.05, 4.69) is 5.32 Å². The maximum absolute atomic E-state index is 12.2. The summed E-state index contributed by atoms with van der Waals surface area (Å²) >= 11 is 1.62. The molecule has 0 aromatic carbocycles. The van der Waals surface area contributed by atoms with Crippen molar-refractivity contribution in [2.24, 2.45) is 5.92 Å². The summed E-state index contributed by atoms with van der Waals surface area (Å²) in [4.78, 5) is 25.9. The van der Waals surface area contributed by atoms with E-state index in [9.17, 15) is 9.59 Å². The summed E-state index contributed by atoms with van der Waals surface area (Å²) in [6, 6.07) is 3.61. The number of carbonyl (C=O) groups excluding carboxylic acids is 1. The van der Waals surface area contributed by atoms with Crippen LogP contribution in [-0.2, 0) is 11.3 Å². The second-order valence-electron chi connectivity index (χ2n) is 4.71. The third-order valence-corrected chi connectivity index (χ3v) is 4.17. The Morgan fingerprint density at radius 2 is 2.30 bits per heavy atom. The normalized spacial score (nSPS) is 20.9. The molecule has 1 aliphatic rings. The molecule has 2 rings (SSSR count). The lowest BCUT2D eigenvalue weighted by Gasteiger charge is -2.23. The zero-order valence-corrected chi connectivity index (χ0v) is 12.1. The van der Waals surface area contributed by atoms with Crippen LogP contribution in [0.4, 0.5) is 4.79 Å². The fourth-order valence-corrected chi connectivity index (χ4v) is 2.88. The third kappa shape index (κ3) is 3.60. The lowest BCUT2D eigenvalue weighted by Crippen LogP contribution is -2.43. The van der Waals surface area contributed by atoms with Gasteiger partial charge in [0.25, 0.3) is 0 Å². The molecule has 1 aliphatic carbocycles. The smallest absolute Gasteiger partial charge is 0.318 e. The van der Waals surface area contributed by atoms with E-state index in [1.165, 1.54) is 0 Å². The average molecular weight is 294 g/mol. The van der Waals surface area contributed by atoms with Gasteiger partial charge in [-0.05, 0) is 24.8 Å². The van der Waals surface area contributed by atoms with Crippen molar-refractivity contribution >= 4 is 23.3 Å². The van der Waals surface area contributed by atoms with Gasteiger partial charge >= 0.3 is 12.0 Å². The van der Waals surface area contributed by atoms with E-state index in [1.54, 1.807) is 28.4 Å². The van der Waals surface area contributed by atoms with Gasteiger partial charge in [-0.3, -0.25) is 4.79 Å². The number of amides is 2. The van der Waals surface area contributed by atoms with Crippen molar-refractivity contribution in [1.29, 1.82) is 0 Å².